The van der Waals surface area contributed by atoms with Gasteiger partial charge < -0.3 is 9.47 Å². The maximum atomic E-state index is 4.29. The Balaban J connectivity index is 0.000000256. The van der Waals surface area contributed by atoms with Gasteiger partial charge in [0.05, 0.1) is 5.52 Å². The van der Waals surface area contributed by atoms with Gasteiger partial charge in [0.25, 0.3) is 0 Å². The number of aromatic nitrogens is 4. The van der Waals surface area contributed by atoms with Crippen LogP contribution in [0.2, 0.25) is 0 Å². The van der Waals surface area contributed by atoms with Gasteiger partial charge in [0.1, 0.15) is 0 Å². The van der Waals surface area contributed by atoms with Crippen LogP contribution in [0, 0.1) is 19.8 Å². The van der Waals surface area contributed by atoms with Crippen molar-refractivity contribution in [3.63, 3.8) is 0 Å². The molecule has 3 aromatic heterocycles. The SMILES string of the molecule is C#C.CC.CC1C=N/C=C\CN(C)c2ccncc21.Cc1cncccn(C2=CC=CC=CC2)c2ccncc12.c1ccccc1. The summed E-state index contributed by atoms with van der Waals surface area (Å²) in [6.07, 6.45) is 38.4. The number of aliphatic imine (C=N–C) groups is 1. The minimum absolute atomic E-state index is 0.305. The van der Waals surface area contributed by atoms with Crippen molar-refractivity contribution in [3.05, 3.63) is 152 Å². The molecule has 1 atom stereocenters. The van der Waals surface area contributed by atoms with Gasteiger partial charge in [0.15, 0.2) is 0 Å². The molecule has 6 heteroatoms. The number of hydrogen-bond donors (Lipinski definition) is 0. The van der Waals surface area contributed by atoms with Crippen LogP contribution in [0.25, 0.3) is 16.6 Å². The van der Waals surface area contributed by atoms with Gasteiger partial charge in [0, 0.05) is 104 Å². The number of terminal acetylenes is 1. The van der Waals surface area contributed by atoms with E-state index >= 15 is 0 Å². The molecule has 0 amide bonds. The Morgan fingerprint density at radius 2 is 1.46 bits per heavy atom. The third kappa shape index (κ3) is 11.9. The molecular formula is C40H46N6. The Bertz CT molecular complexity index is 1650. The molecule has 6 nitrogen and oxygen atoms in total. The average molecular weight is 611 g/mol. The molecular weight excluding hydrogens is 564 g/mol. The molecule has 1 aromatic carbocycles. The fourth-order valence-corrected chi connectivity index (χ4v) is 4.48. The summed E-state index contributed by atoms with van der Waals surface area (Å²) in [5, 5.41) is 1.10. The number of pyridine rings is 2. The van der Waals surface area contributed by atoms with E-state index in [0.29, 0.717) is 5.92 Å². The van der Waals surface area contributed by atoms with Gasteiger partial charge in [-0.05, 0) is 42.8 Å². The van der Waals surface area contributed by atoms with Crippen molar-refractivity contribution in [3.8, 4) is 12.8 Å². The van der Waals surface area contributed by atoms with Gasteiger partial charge >= 0.3 is 0 Å². The Hall–Kier alpha value is -5.54. The van der Waals surface area contributed by atoms with Crippen molar-refractivity contribution < 1.29 is 0 Å². The number of nitrogens with zero attached hydrogens (tertiary/aromatic N) is 6. The first-order chi connectivity index (χ1) is 22.6. The molecule has 2 aliphatic rings. The number of hydrogen-bond acceptors (Lipinski definition) is 5. The number of rotatable bonds is 1. The summed E-state index contributed by atoms with van der Waals surface area (Å²) in [6, 6.07) is 18.1. The lowest BCUT2D eigenvalue weighted by atomic mass is 10.0. The van der Waals surface area contributed by atoms with Gasteiger partial charge in [-0.1, -0.05) is 81.5 Å². The molecule has 236 valence electrons. The highest BCUT2D eigenvalue weighted by Crippen LogP contribution is 2.25. The number of benzene rings is 1. The van der Waals surface area contributed by atoms with Crippen LogP contribution < -0.4 is 4.90 Å². The molecule has 46 heavy (non-hydrogen) atoms. The lowest BCUT2D eigenvalue weighted by Crippen LogP contribution is -2.19. The lowest BCUT2D eigenvalue weighted by Gasteiger charge is -2.21. The second-order valence-corrected chi connectivity index (χ2v) is 9.83. The Kier molecular flexibility index (Phi) is 17.6. The monoisotopic (exact) mass is 610 g/mol. The summed E-state index contributed by atoms with van der Waals surface area (Å²) >= 11 is 0. The summed E-state index contributed by atoms with van der Waals surface area (Å²) in [7, 11) is 2.08. The maximum Gasteiger partial charge on any atom is 0.0558 e. The second-order valence-electron chi connectivity index (χ2n) is 9.83. The fraction of sp³-hybridized carbons (Fsp3) is 0.200. The predicted molar refractivity (Wildman–Crippen MR) is 198 cm³/mol. The molecule has 0 fully saturated rings. The first-order valence-electron chi connectivity index (χ1n) is 15.4. The molecule has 1 unspecified atom stereocenters. The van der Waals surface area contributed by atoms with Crippen LogP contribution in [-0.4, -0.2) is 39.3 Å². The topological polar surface area (TPSA) is 59.2 Å². The fourth-order valence-electron chi connectivity index (χ4n) is 4.48. The first-order valence-corrected chi connectivity index (χ1v) is 15.4. The van der Waals surface area contributed by atoms with Crippen molar-refractivity contribution in [2.75, 3.05) is 18.5 Å². The number of anilines is 1. The van der Waals surface area contributed by atoms with Crippen LogP contribution in [0.3, 0.4) is 0 Å². The molecule has 1 aliphatic carbocycles. The molecule has 0 saturated carbocycles. The van der Waals surface area contributed by atoms with Crippen molar-refractivity contribution in [1.82, 2.24) is 19.5 Å². The molecule has 0 saturated heterocycles. The smallest absolute Gasteiger partial charge is 0.0558 e. The van der Waals surface area contributed by atoms with E-state index < -0.39 is 0 Å². The highest BCUT2D eigenvalue weighted by atomic mass is 15.1. The highest BCUT2D eigenvalue weighted by molar-refractivity contribution is 5.83. The molecule has 1 aliphatic heterocycles. The van der Waals surface area contributed by atoms with E-state index in [2.05, 4.69) is 99.6 Å². The van der Waals surface area contributed by atoms with Crippen LogP contribution in [0.5, 0.6) is 0 Å². The average Bonchev–Trinajstić information content (AvgIpc) is 3.34. The third-order valence-electron chi connectivity index (χ3n) is 6.72. The van der Waals surface area contributed by atoms with Gasteiger partial charge in [0.2, 0.25) is 0 Å². The molecule has 0 bridgehead atoms. The normalized spacial score (nSPS) is 14.8. The Morgan fingerprint density at radius 3 is 2.20 bits per heavy atom. The minimum Gasteiger partial charge on any atom is -0.370 e. The second kappa shape index (κ2) is 22.0. The molecule has 0 spiro atoms. The largest absolute Gasteiger partial charge is 0.370 e. The van der Waals surface area contributed by atoms with Crippen LogP contribution in [0.15, 0.2) is 146 Å². The zero-order valence-corrected chi connectivity index (χ0v) is 27.7. The summed E-state index contributed by atoms with van der Waals surface area (Å²) in [5.41, 5.74) is 5.90. The molecule has 4 aromatic rings. The van der Waals surface area contributed by atoms with E-state index in [1.165, 1.54) is 16.9 Å². The summed E-state index contributed by atoms with van der Waals surface area (Å²) < 4.78 is 2.20. The lowest BCUT2D eigenvalue weighted by molar-refractivity contribution is 0.964. The van der Waals surface area contributed by atoms with E-state index in [1.54, 1.807) is 6.20 Å². The van der Waals surface area contributed by atoms with E-state index in [4.69, 9.17) is 0 Å². The van der Waals surface area contributed by atoms with Gasteiger partial charge in [-0.15, -0.1) is 12.8 Å². The van der Waals surface area contributed by atoms with E-state index in [-0.39, 0.29) is 0 Å². The van der Waals surface area contributed by atoms with E-state index in [9.17, 15) is 0 Å². The Labute approximate surface area is 275 Å². The van der Waals surface area contributed by atoms with Crippen molar-refractivity contribution in [2.24, 2.45) is 4.99 Å². The van der Waals surface area contributed by atoms with Gasteiger partial charge in [-0.3, -0.25) is 19.9 Å². The molecule has 0 radical (unpaired) electrons. The predicted octanol–water partition coefficient (Wildman–Crippen LogP) is 9.40. The highest BCUT2D eigenvalue weighted by Gasteiger charge is 2.12. The summed E-state index contributed by atoms with van der Waals surface area (Å²) in [5.74, 6) is 0.305. The summed E-state index contributed by atoms with van der Waals surface area (Å²) in [4.78, 5) is 19.2. The molecule has 4 heterocycles. The van der Waals surface area contributed by atoms with Crippen LogP contribution >= 0.6 is 0 Å². The minimum atomic E-state index is 0.305. The third-order valence-corrected chi connectivity index (χ3v) is 6.72. The first kappa shape index (κ1) is 36.7. The quantitative estimate of drug-likeness (QED) is 0.202. The van der Waals surface area contributed by atoms with Crippen molar-refractivity contribution in [2.45, 2.75) is 40.0 Å². The summed E-state index contributed by atoms with van der Waals surface area (Å²) in [6.45, 7) is 9.07. The van der Waals surface area contributed by atoms with Crippen LogP contribution in [0.1, 0.15) is 44.2 Å². The van der Waals surface area contributed by atoms with E-state index in [1.807, 2.05) is 118 Å². The Morgan fingerprint density at radius 1 is 0.783 bits per heavy atom. The zero-order chi connectivity index (χ0) is 33.4. The number of likely N-dealkylation sites (N-methyl/N-ethyl adjacent to an activating group) is 1. The molecule has 0 N–H and O–H groups in total. The standard InChI is InChI=1S/C18H17N3.C12H15N3.C6H6.C2H6.C2H2/c1-15-13-19-10-6-12-21(16-7-4-2-3-5-8-16)18-9-11-20-14-17(15)18;1-10-8-13-5-3-7-15(2)12-4-6-14-9-11(10)12;1-2-4-6-5-3-1;2*1-2/h2-7,9-14H,8H2,1H3;3-6,8-10H,7H2,1-2H3;1-6H;1-2H3;1-2H/b;5-3-,13-8?;;;. The number of aryl methyl sites for hydroxylation is 1. The van der Waals surface area contributed by atoms with Crippen molar-refractivity contribution in [1.29, 1.82) is 0 Å². The zero-order valence-electron chi connectivity index (χ0n) is 27.7. The van der Waals surface area contributed by atoms with Crippen molar-refractivity contribution >= 4 is 28.5 Å². The maximum absolute atomic E-state index is 4.29. The number of allylic oxidation sites excluding steroid dienone is 6. The van der Waals surface area contributed by atoms with Crippen LogP contribution in [0.4, 0.5) is 5.69 Å². The van der Waals surface area contributed by atoms with Gasteiger partial charge in [-0.25, -0.2) is 0 Å². The molecule has 6 rings (SSSR count). The van der Waals surface area contributed by atoms with Crippen LogP contribution in [-0.2, 0) is 0 Å². The number of fused-ring (bicyclic) bond motifs is 2. The van der Waals surface area contributed by atoms with Gasteiger partial charge in [-0.2, -0.15) is 0 Å². The van der Waals surface area contributed by atoms with E-state index in [0.717, 1.165) is 29.4 Å².